The topological polar surface area (TPSA) is 61.5 Å². The average Bonchev–Trinajstić information content (AvgIpc) is 2.25. The monoisotopic (exact) mass is 207 g/mol. The maximum atomic E-state index is 10.9. The highest BCUT2D eigenvalue weighted by molar-refractivity contribution is 5.88. The van der Waals surface area contributed by atoms with Crippen LogP contribution in [0.3, 0.4) is 0 Å². The molecule has 0 aliphatic rings. The van der Waals surface area contributed by atoms with E-state index in [-0.39, 0.29) is 0 Å². The highest BCUT2D eigenvalue weighted by Gasteiger charge is 2.03. The maximum Gasteiger partial charge on any atom is 0.330 e. The van der Waals surface area contributed by atoms with E-state index in [9.17, 15) is 4.79 Å². The number of carbonyl (C=O) groups is 1. The summed E-state index contributed by atoms with van der Waals surface area (Å²) in [5.74, 6) is 0.136. The lowest BCUT2D eigenvalue weighted by Gasteiger charge is -2.07. The molecular weight excluding hydrogens is 194 g/mol. The van der Waals surface area contributed by atoms with E-state index in [0.29, 0.717) is 11.4 Å². The summed E-state index contributed by atoms with van der Waals surface area (Å²) < 4.78 is 9.59. The summed E-state index contributed by atoms with van der Waals surface area (Å²) in [6.07, 6.45) is 2.92. The number of methoxy groups -OCH3 is 2. The Morgan fingerprint density at radius 1 is 1.40 bits per heavy atom. The summed E-state index contributed by atoms with van der Waals surface area (Å²) in [5.41, 5.74) is 6.97. The van der Waals surface area contributed by atoms with Gasteiger partial charge in [0, 0.05) is 11.6 Å². The van der Waals surface area contributed by atoms with Gasteiger partial charge < -0.3 is 15.2 Å². The van der Waals surface area contributed by atoms with Crippen LogP contribution in [0, 0.1) is 0 Å². The first-order valence-electron chi connectivity index (χ1n) is 4.37. The van der Waals surface area contributed by atoms with Crippen LogP contribution >= 0.6 is 0 Å². The van der Waals surface area contributed by atoms with E-state index < -0.39 is 5.97 Å². The van der Waals surface area contributed by atoms with Crippen molar-refractivity contribution in [3.05, 3.63) is 29.8 Å². The predicted molar refractivity (Wildman–Crippen MR) is 58.5 cm³/mol. The largest absolute Gasteiger partial charge is 0.494 e. The third kappa shape index (κ3) is 2.74. The molecule has 0 saturated heterocycles. The molecule has 0 aliphatic heterocycles. The zero-order chi connectivity index (χ0) is 11.3. The van der Waals surface area contributed by atoms with Crippen molar-refractivity contribution < 1.29 is 14.3 Å². The Labute approximate surface area is 88.3 Å². The Balaban J connectivity index is 2.99. The molecule has 80 valence electrons. The summed E-state index contributed by atoms with van der Waals surface area (Å²) >= 11 is 0. The SMILES string of the molecule is COC(=O)C=Cc1cccc(N)c1OC. The quantitative estimate of drug-likeness (QED) is 0.463. The van der Waals surface area contributed by atoms with Crippen LogP contribution in [0.25, 0.3) is 6.08 Å². The van der Waals surface area contributed by atoms with Crippen molar-refractivity contribution in [3.63, 3.8) is 0 Å². The molecule has 0 radical (unpaired) electrons. The molecule has 0 heterocycles. The minimum absolute atomic E-state index is 0.417. The van der Waals surface area contributed by atoms with Gasteiger partial charge in [0.1, 0.15) is 5.75 Å². The fourth-order valence-electron chi connectivity index (χ4n) is 1.17. The van der Waals surface area contributed by atoms with E-state index in [2.05, 4.69) is 4.74 Å². The zero-order valence-corrected chi connectivity index (χ0v) is 8.69. The number of carbonyl (C=O) groups excluding carboxylic acids is 1. The molecule has 0 aliphatic carbocycles. The van der Waals surface area contributed by atoms with Crippen molar-refractivity contribution >= 4 is 17.7 Å². The second kappa shape index (κ2) is 5.05. The fraction of sp³-hybridized carbons (Fsp3) is 0.182. The molecule has 1 rings (SSSR count). The number of hydrogen-bond donors (Lipinski definition) is 1. The normalized spacial score (nSPS) is 10.3. The van der Waals surface area contributed by atoms with Crippen LogP contribution in [0.2, 0.25) is 0 Å². The molecule has 0 bridgehead atoms. The molecule has 2 N–H and O–H groups in total. The summed E-state index contributed by atoms with van der Waals surface area (Å²) in [6.45, 7) is 0. The summed E-state index contributed by atoms with van der Waals surface area (Å²) in [6, 6.07) is 5.32. The number of ether oxygens (including phenoxy) is 2. The van der Waals surface area contributed by atoms with Gasteiger partial charge >= 0.3 is 5.97 Å². The van der Waals surface area contributed by atoms with E-state index in [4.69, 9.17) is 10.5 Å². The van der Waals surface area contributed by atoms with E-state index in [0.717, 1.165) is 5.56 Å². The van der Waals surface area contributed by atoms with Crippen molar-refractivity contribution in [3.8, 4) is 5.75 Å². The van der Waals surface area contributed by atoms with Crippen molar-refractivity contribution in [2.45, 2.75) is 0 Å². The Hall–Kier alpha value is -1.97. The Kier molecular flexibility index (Phi) is 3.74. The van der Waals surface area contributed by atoms with Gasteiger partial charge in [0.25, 0.3) is 0 Å². The van der Waals surface area contributed by atoms with E-state index in [1.807, 2.05) is 0 Å². The molecule has 0 amide bonds. The highest BCUT2D eigenvalue weighted by atomic mass is 16.5. The number of rotatable bonds is 3. The van der Waals surface area contributed by atoms with Gasteiger partial charge in [-0.25, -0.2) is 4.79 Å². The summed E-state index contributed by atoms with van der Waals surface area (Å²) in [4.78, 5) is 10.9. The molecule has 0 unspecified atom stereocenters. The van der Waals surface area contributed by atoms with Gasteiger partial charge in [0.05, 0.1) is 19.9 Å². The van der Waals surface area contributed by atoms with Gasteiger partial charge in [-0.2, -0.15) is 0 Å². The fourth-order valence-corrected chi connectivity index (χ4v) is 1.17. The van der Waals surface area contributed by atoms with Crippen molar-refractivity contribution in [2.24, 2.45) is 0 Å². The number of hydrogen-bond acceptors (Lipinski definition) is 4. The lowest BCUT2D eigenvalue weighted by atomic mass is 10.1. The molecular formula is C11H13NO3. The standard InChI is InChI=1S/C11H13NO3/c1-14-10(13)7-6-8-4-3-5-9(12)11(8)15-2/h3-7H,12H2,1-2H3. The Morgan fingerprint density at radius 3 is 2.73 bits per heavy atom. The van der Waals surface area contributed by atoms with Crippen molar-refractivity contribution in [2.75, 3.05) is 20.0 Å². The third-order valence-corrected chi connectivity index (χ3v) is 1.88. The van der Waals surface area contributed by atoms with E-state index in [1.54, 1.807) is 24.3 Å². The molecule has 0 saturated carbocycles. The molecule has 1 aromatic carbocycles. The van der Waals surface area contributed by atoms with Crippen LogP contribution in [0.1, 0.15) is 5.56 Å². The number of benzene rings is 1. The number of anilines is 1. The predicted octanol–water partition coefficient (Wildman–Crippen LogP) is 1.46. The molecule has 4 heteroatoms. The van der Waals surface area contributed by atoms with Gasteiger partial charge in [-0.05, 0) is 12.1 Å². The molecule has 15 heavy (non-hydrogen) atoms. The van der Waals surface area contributed by atoms with Crippen LogP contribution in [-0.2, 0) is 9.53 Å². The number of nitrogens with two attached hydrogens (primary N) is 1. The molecule has 1 aromatic rings. The van der Waals surface area contributed by atoms with Crippen LogP contribution in [0.4, 0.5) is 5.69 Å². The number of nitrogen functional groups attached to an aromatic ring is 1. The van der Waals surface area contributed by atoms with Crippen molar-refractivity contribution in [1.29, 1.82) is 0 Å². The number of para-hydroxylation sites is 1. The molecule has 0 aromatic heterocycles. The van der Waals surface area contributed by atoms with E-state index >= 15 is 0 Å². The minimum Gasteiger partial charge on any atom is -0.494 e. The Morgan fingerprint density at radius 2 is 2.13 bits per heavy atom. The lowest BCUT2D eigenvalue weighted by Crippen LogP contribution is -1.96. The van der Waals surface area contributed by atoms with Crippen LogP contribution in [0.15, 0.2) is 24.3 Å². The first-order chi connectivity index (χ1) is 7.19. The molecule has 0 atom stereocenters. The first kappa shape index (κ1) is 11.1. The van der Waals surface area contributed by atoms with Gasteiger partial charge in [-0.3, -0.25) is 0 Å². The lowest BCUT2D eigenvalue weighted by molar-refractivity contribution is -0.134. The summed E-state index contributed by atoms with van der Waals surface area (Å²) in [5, 5.41) is 0. The van der Waals surface area contributed by atoms with Crippen LogP contribution < -0.4 is 10.5 Å². The van der Waals surface area contributed by atoms with Crippen LogP contribution in [-0.4, -0.2) is 20.2 Å². The van der Waals surface area contributed by atoms with Gasteiger partial charge in [0.2, 0.25) is 0 Å². The first-order valence-corrected chi connectivity index (χ1v) is 4.37. The van der Waals surface area contributed by atoms with Crippen molar-refractivity contribution in [1.82, 2.24) is 0 Å². The van der Waals surface area contributed by atoms with E-state index in [1.165, 1.54) is 20.3 Å². The van der Waals surface area contributed by atoms with Gasteiger partial charge in [-0.1, -0.05) is 12.1 Å². The highest BCUT2D eigenvalue weighted by Crippen LogP contribution is 2.26. The zero-order valence-electron chi connectivity index (χ0n) is 8.69. The third-order valence-electron chi connectivity index (χ3n) is 1.88. The maximum absolute atomic E-state index is 10.9. The van der Waals surface area contributed by atoms with Gasteiger partial charge in [0.15, 0.2) is 0 Å². The smallest absolute Gasteiger partial charge is 0.330 e. The minimum atomic E-state index is -0.417. The molecule has 0 fully saturated rings. The Bertz CT molecular complexity index is 385. The van der Waals surface area contributed by atoms with Crippen LogP contribution in [0.5, 0.6) is 5.75 Å². The van der Waals surface area contributed by atoms with Gasteiger partial charge in [-0.15, -0.1) is 0 Å². The second-order valence-corrected chi connectivity index (χ2v) is 2.83. The molecule has 4 nitrogen and oxygen atoms in total. The summed E-state index contributed by atoms with van der Waals surface area (Å²) in [7, 11) is 2.85. The second-order valence-electron chi connectivity index (χ2n) is 2.83. The average molecular weight is 207 g/mol. The molecule has 0 spiro atoms. The number of esters is 1.